The molecule has 1 aromatic heterocycles. The van der Waals surface area contributed by atoms with Crippen molar-refractivity contribution in [3.8, 4) is 5.75 Å². The van der Waals surface area contributed by atoms with Gasteiger partial charge in [0.25, 0.3) is 0 Å². The number of nitrogens with one attached hydrogen (secondary N) is 3. The molecule has 1 unspecified atom stereocenters. The molecule has 112 valence electrons. The number of H-pyrrole nitrogens is 2. The summed E-state index contributed by atoms with van der Waals surface area (Å²) in [4.78, 5) is 25.4. The van der Waals surface area contributed by atoms with Crippen molar-refractivity contribution in [1.29, 1.82) is 0 Å². The zero-order chi connectivity index (χ0) is 15.2. The number of aromatic nitrogens is 3. The topological polar surface area (TPSA) is 99.9 Å². The molecule has 1 heterocycles. The molecule has 2 aromatic rings. The lowest BCUT2D eigenvalue weighted by molar-refractivity contribution is -0.121. The van der Waals surface area contributed by atoms with Crippen LogP contribution in [0.2, 0.25) is 0 Å². The minimum atomic E-state index is -0.389. The van der Waals surface area contributed by atoms with E-state index >= 15 is 0 Å². The smallest absolute Gasteiger partial charge is 0.340 e. The lowest BCUT2D eigenvalue weighted by atomic mass is 10.1. The van der Waals surface area contributed by atoms with E-state index in [1.807, 2.05) is 24.3 Å². The van der Waals surface area contributed by atoms with E-state index in [1.165, 1.54) is 0 Å². The van der Waals surface area contributed by atoms with E-state index in [1.54, 1.807) is 14.0 Å². The van der Waals surface area contributed by atoms with Crippen LogP contribution in [-0.2, 0) is 11.2 Å². The Morgan fingerprint density at radius 3 is 2.86 bits per heavy atom. The van der Waals surface area contributed by atoms with Crippen LogP contribution in [0, 0.1) is 0 Å². The highest BCUT2D eigenvalue weighted by molar-refractivity contribution is 5.76. The number of carbonyl (C=O) groups excluding carboxylic acids is 1. The second-order valence-electron chi connectivity index (χ2n) is 4.66. The molecule has 0 spiro atoms. The van der Waals surface area contributed by atoms with E-state index in [9.17, 15) is 9.59 Å². The third kappa shape index (κ3) is 3.95. The fourth-order valence-corrected chi connectivity index (χ4v) is 2.03. The Hall–Kier alpha value is -2.57. The largest absolute Gasteiger partial charge is 0.496 e. The molecule has 3 N–H and O–H groups in total. The molecule has 0 aliphatic rings. The van der Waals surface area contributed by atoms with Crippen LogP contribution in [0.3, 0.4) is 0 Å². The lowest BCUT2D eigenvalue weighted by Crippen LogP contribution is -2.27. The molecule has 21 heavy (non-hydrogen) atoms. The van der Waals surface area contributed by atoms with Gasteiger partial charge >= 0.3 is 5.69 Å². The molecular formula is C14H18N4O3. The third-order valence-electron chi connectivity index (χ3n) is 3.12. The van der Waals surface area contributed by atoms with Gasteiger partial charge in [-0.1, -0.05) is 18.2 Å². The van der Waals surface area contributed by atoms with E-state index in [0.717, 1.165) is 11.3 Å². The minimum Gasteiger partial charge on any atom is -0.496 e. The predicted molar refractivity (Wildman–Crippen MR) is 77.1 cm³/mol. The number of amides is 1. The Bertz CT molecular complexity index is 662. The quantitative estimate of drug-likeness (QED) is 0.736. The van der Waals surface area contributed by atoms with Crippen LogP contribution in [0.25, 0.3) is 0 Å². The first-order valence-corrected chi connectivity index (χ1v) is 6.66. The van der Waals surface area contributed by atoms with Crippen molar-refractivity contribution in [2.45, 2.75) is 25.8 Å². The molecule has 0 fully saturated rings. The Morgan fingerprint density at radius 1 is 1.43 bits per heavy atom. The van der Waals surface area contributed by atoms with Crippen LogP contribution in [0.5, 0.6) is 5.75 Å². The fraction of sp³-hybridized carbons (Fsp3) is 0.357. The van der Waals surface area contributed by atoms with E-state index in [4.69, 9.17) is 4.74 Å². The normalized spacial score (nSPS) is 11.9. The minimum absolute atomic E-state index is 0.114. The molecular weight excluding hydrogens is 272 g/mol. The second-order valence-corrected chi connectivity index (χ2v) is 4.66. The van der Waals surface area contributed by atoms with Gasteiger partial charge in [-0.25, -0.2) is 9.89 Å². The highest BCUT2D eigenvalue weighted by Crippen LogP contribution is 2.18. The van der Waals surface area contributed by atoms with Crippen molar-refractivity contribution in [1.82, 2.24) is 20.5 Å². The maximum Gasteiger partial charge on any atom is 0.340 e. The Labute approximate surface area is 121 Å². The number of aryl methyl sites for hydroxylation is 1. The van der Waals surface area contributed by atoms with Gasteiger partial charge in [-0.3, -0.25) is 9.78 Å². The molecule has 0 radical (unpaired) electrons. The van der Waals surface area contributed by atoms with E-state index in [0.29, 0.717) is 18.7 Å². The monoisotopic (exact) mass is 290 g/mol. The van der Waals surface area contributed by atoms with Crippen molar-refractivity contribution < 1.29 is 9.53 Å². The third-order valence-corrected chi connectivity index (χ3v) is 3.12. The summed E-state index contributed by atoms with van der Waals surface area (Å²) in [6, 6.07) is 7.24. The van der Waals surface area contributed by atoms with Gasteiger partial charge in [0.15, 0.2) is 5.82 Å². The van der Waals surface area contributed by atoms with E-state index in [2.05, 4.69) is 20.5 Å². The summed E-state index contributed by atoms with van der Waals surface area (Å²) in [7, 11) is 1.61. The van der Waals surface area contributed by atoms with Gasteiger partial charge < -0.3 is 10.1 Å². The van der Waals surface area contributed by atoms with Crippen molar-refractivity contribution in [3.05, 3.63) is 46.1 Å². The van der Waals surface area contributed by atoms with Crippen LogP contribution in [0.1, 0.15) is 30.8 Å². The average Bonchev–Trinajstić information content (AvgIpc) is 2.92. The summed E-state index contributed by atoms with van der Waals surface area (Å²) >= 11 is 0. The van der Waals surface area contributed by atoms with Gasteiger partial charge in [-0.05, 0) is 25.0 Å². The Balaban J connectivity index is 1.89. The maximum atomic E-state index is 11.9. The van der Waals surface area contributed by atoms with Gasteiger partial charge in [0, 0.05) is 6.42 Å². The number of benzene rings is 1. The molecule has 1 amide bonds. The first kappa shape index (κ1) is 14.8. The number of aromatic amines is 2. The lowest BCUT2D eigenvalue weighted by Gasteiger charge is -2.11. The predicted octanol–water partition coefficient (Wildman–Crippen LogP) is 0.917. The molecule has 7 nitrogen and oxygen atoms in total. The molecule has 0 saturated carbocycles. The zero-order valence-corrected chi connectivity index (χ0v) is 12.0. The first-order chi connectivity index (χ1) is 10.1. The SMILES string of the molecule is COc1ccccc1CCC(=O)NC(C)c1n[nH]c(=O)[nH]1. The van der Waals surface area contributed by atoms with Crippen molar-refractivity contribution in [2.24, 2.45) is 0 Å². The van der Waals surface area contributed by atoms with E-state index < -0.39 is 0 Å². The molecule has 0 bridgehead atoms. The van der Waals surface area contributed by atoms with Crippen molar-refractivity contribution in [2.75, 3.05) is 7.11 Å². The molecule has 0 saturated heterocycles. The van der Waals surface area contributed by atoms with Crippen LogP contribution >= 0.6 is 0 Å². The number of hydrogen-bond acceptors (Lipinski definition) is 4. The highest BCUT2D eigenvalue weighted by Gasteiger charge is 2.13. The molecule has 2 rings (SSSR count). The van der Waals surface area contributed by atoms with E-state index in [-0.39, 0.29) is 17.6 Å². The standard InChI is InChI=1S/C14H18N4O3/c1-9(13-16-14(20)18-17-13)15-12(19)8-7-10-5-3-4-6-11(10)21-2/h3-6,9H,7-8H2,1-2H3,(H,15,19)(H2,16,17,18,20). The van der Waals surface area contributed by atoms with Crippen LogP contribution in [0.15, 0.2) is 29.1 Å². The van der Waals surface area contributed by atoms with Crippen LogP contribution in [0.4, 0.5) is 0 Å². The Kier molecular flexibility index (Phi) is 4.76. The van der Waals surface area contributed by atoms with Gasteiger partial charge in [0.05, 0.1) is 13.2 Å². The van der Waals surface area contributed by atoms with Gasteiger partial charge in [-0.15, -0.1) is 0 Å². The maximum absolute atomic E-state index is 11.9. The summed E-state index contributed by atoms with van der Waals surface area (Å²) in [5.41, 5.74) is 0.594. The van der Waals surface area contributed by atoms with Gasteiger partial charge in [-0.2, -0.15) is 5.10 Å². The highest BCUT2D eigenvalue weighted by atomic mass is 16.5. The molecule has 7 heteroatoms. The summed E-state index contributed by atoms with van der Waals surface area (Å²) in [5.74, 6) is 1.07. The number of carbonyl (C=O) groups is 1. The van der Waals surface area contributed by atoms with Crippen LogP contribution in [-0.4, -0.2) is 28.2 Å². The van der Waals surface area contributed by atoms with Crippen molar-refractivity contribution >= 4 is 5.91 Å². The summed E-state index contributed by atoms with van der Waals surface area (Å²) in [5, 5.41) is 8.84. The number of ether oxygens (including phenoxy) is 1. The van der Waals surface area contributed by atoms with Crippen molar-refractivity contribution in [3.63, 3.8) is 0 Å². The van der Waals surface area contributed by atoms with Gasteiger partial charge in [0.2, 0.25) is 5.91 Å². The fourth-order valence-electron chi connectivity index (χ4n) is 2.03. The summed E-state index contributed by atoms with van der Waals surface area (Å²) in [6.45, 7) is 1.76. The summed E-state index contributed by atoms with van der Waals surface area (Å²) in [6.07, 6.45) is 0.916. The Morgan fingerprint density at radius 2 is 2.19 bits per heavy atom. The van der Waals surface area contributed by atoms with Crippen LogP contribution < -0.4 is 15.7 Å². The molecule has 1 atom stereocenters. The molecule has 0 aliphatic heterocycles. The molecule has 0 aliphatic carbocycles. The number of methoxy groups -OCH3 is 1. The summed E-state index contributed by atoms with van der Waals surface area (Å²) < 4.78 is 5.25. The second kappa shape index (κ2) is 6.74. The first-order valence-electron chi connectivity index (χ1n) is 6.66. The molecule has 1 aromatic carbocycles. The number of hydrogen-bond donors (Lipinski definition) is 3. The number of para-hydroxylation sites is 1. The number of rotatable bonds is 6. The zero-order valence-electron chi connectivity index (χ0n) is 12.0. The average molecular weight is 290 g/mol. The van der Waals surface area contributed by atoms with Gasteiger partial charge in [0.1, 0.15) is 5.75 Å². The number of nitrogens with zero attached hydrogens (tertiary/aromatic N) is 1.